The Bertz CT molecular complexity index is 613. The average molecular weight is 361 g/mol. The summed E-state index contributed by atoms with van der Waals surface area (Å²) in [4.78, 5) is 24.6. The van der Waals surface area contributed by atoms with Crippen LogP contribution >= 0.6 is 0 Å². The van der Waals surface area contributed by atoms with Gasteiger partial charge in [0, 0.05) is 12.3 Å². The summed E-state index contributed by atoms with van der Waals surface area (Å²) in [6.07, 6.45) is 12.3. The molecule has 4 fully saturated rings. The van der Waals surface area contributed by atoms with E-state index in [0.29, 0.717) is 17.3 Å². The fourth-order valence-corrected chi connectivity index (χ4v) is 8.36. The summed E-state index contributed by atoms with van der Waals surface area (Å²) in [5.41, 5.74) is -0.548. The SMILES string of the molecule is CC(=O)O[C@@]1(C(C)=O)CC[C@H]2[C@@H]3CCC4CCCC[C@]4(C)[C@H]3CC[C@@]21C. The van der Waals surface area contributed by atoms with Gasteiger partial charge in [-0.05, 0) is 87.4 Å². The Morgan fingerprint density at radius 2 is 1.58 bits per heavy atom. The highest BCUT2D eigenvalue weighted by Gasteiger charge is 2.67. The van der Waals surface area contributed by atoms with Gasteiger partial charge >= 0.3 is 5.97 Å². The smallest absolute Gasteiger partial charge is 0.303 e. The monoisotopic (exact) mass is 360 g/mol. The van der Waals surface area contributed by atoms with Crippen LogP contribution < -0.4 is 0 Å². The minimum absolute atomic E-state index is 0.0636. The molecule has 0 bridgehead atoms. The van der Waals surface area contributed by atoms with Crippen LogP contribution in [0.5, 0.6) is 0 Å². The molecule has 146 valence electrons. The summed E-state index contributed by atoms with van der Waals surface area (Å²) >= 11 is 0. The molecule has 3 heteroatoms. The fourth-order valence-electron chi connectivity index (χ4n) is 8.36. The lowest BCUT2D eigenvalue weighted by molar-refractivity contribution is -0.191. The van der Waals surface area contributed by atoms with Gasteiger partial charge in [0.05, 0.1) is 0 Å². The normalized spacial score (nSPS) is 50.3. The maximum atomic E-state index is 12.7. The molecule has 1 unspecified atom stereocenters. The lowest BCUT2D eigenvalue weighted by Crippen LogP contribution is -2.59. The zero-order valence-corrected chi connectivity index (χ0v) is 17.1. The van der Waals surface area contributed by atoms with E-state index in [1.165, 1.54) is 51.9 Å². The summed E-state index contributed by atoms with van der Waals surface area (Å²) in [7, 11) is 0. The maximum Gasteiger partial charge on any atom is 0.303 e. The van der Waals surface area contributed by atoms with Gasteiger partial charge in [-0.15, -0.1) is 0 Å². The van der Waals surface area contributed by atoms with Crippen LogP contribution in [-0.4, -0.2) is 17.4 Å². The molecular formula is C23H36O3. The first-order valence-electron chi connectivity index (χ1n) is 11.0. The molecule has 0 N–H and O–H groups in total. The standard InChI is InChI=1S/C23H36O3/c1-15(24)23(26-16(2)25)14-11-20-18-9-8-17-7-5-6-12-21(17,3)19(18)10-13-22(20,23)4/h17-20H,5-14H2,1-4H3/t17?,18-,19+,20+,21+,22+,23-/m1/s1. The van der Waals surface area contributed by atoms with E-state index in [2.05, 4.69) is 13.8 Å². The minimum Gasteiger partial charge on any atom is -0.451 e. The van der Waals surface area contributed by atoms with Crippen LogP contribution in [0.2, 0.25) is 0 Å². The molecule has 4 rings (SSSR count). The number of fused-ring (bicyclic) bond motifs is 5. The van der Waals surface area contributed by atoms with Gasteiger partial charge in [0.1, 0.15) is 0 Å². The number of carbonyl (C=O) groups excluding carboxylic acids is 2. The molecule has 0 aromatic rings. The van der Waals surface area contributed by atoms with Gasteiger partial charge in [0.15, 0.2) is 11.4 Å². The molecule has 0 aromatic heterocycles. The number of ether oxygens (including phenoxy) is 1. The Morgan fingerprint density at radius 1 is 0.846 bits per heavy atom. The van der Waals surface area contributed by atoms with Crippen molar-refractivity contribution in [2.45, 2.75) is 97.5 Å². The molecule has 4 aliphatic rings. The number of rotatable bonds is 2. The highest BCUT2D eigenvalue weighted by Crippen LogP contribution is 2.69. The van der Waals surface area contributed by atoms with Gasteiger partial charge in [-0.25, -0.2) is 0 Å². The molecule has 0 radical (unpaired) electrons. The number of carbonyl (C=O) groups is 2. The summed E-state index contributed by atoms with van der Waals surface area (Å²) in [5, 5.41) is 0. The van der Waals surface area contributed by atoms with Crippen LogP contribution in [0.1, 0.15) is 91.9 Å². The first-order valence-corrected chi connectivity index (χ1v) is 11.0. The van der Waals surface area contributed by atoms with E-state index in [1.54, 1.807) is 6.92 Å². The quantitative estimate of drug-likeness (QED) is 0.627. The molecule has 0 amide bonds. The van der Waals surface area contributed by atoms with Crippen molar-refractivity contribution < 1.29 is 14.3 Å². The molecule has 4 aliphatic carbocycles. The van der Waals surface area contributed by atoms with Gasteiger partial charge in [0.25, 0.3) is 0 Å². The minimum atomic E-state index is -0.876. The van der Waals surface area contributed by atoms with E-state index in [1.807, 2.05) is 0 Å². The number of ketones is 1. The highest BCUT2D eigenvalue weighted by atomic mass is 16.6. The van der Waals surface area contributed by atoms with E-state index < -0.39 is 5.60 Å². The van der Waals surface area contributed by atoms with Crippen molar-refractivity contribution in [3.8, 4) is 0 Å². The van der Waals surface area contributed by atoms with Gasteiger partial charge < -0.3 is 4.74 Å². The maximum absolute atomic E-state index is 12.7. The Kier molecular flexibility index (Phi) is 4.32. The summed E-state index contributed by atoms with van der Waals surface area (Å²) < 4.78 is 5.86. The van der Waals surface area contributed by atoms with E-state index in [0.717, 1.165) is 31.1 Å². The summed E-state index contributed by atoms with van der Waals surface area (Å²) in [5.74, 6) is 2.73. The van der Waals surface area contributed by atoms with Crippen molar-refractivity contribution in [2.24, 2.45) is 34.5 Å². The number of esters is 1. The Balaban J connectivity index is 1.68. The molecule has 0 spiro atoms. The molecule has 0 heterocycles. The predicted octanol–water partition coefficient (Wildman–Crippen LogP) is 5.31. The lowest BCUT2D eigenvalue weighted by Gasteiger charge is -2.61. The Morgan fingerprint density at radius 3 is 2.27 bits per heavy atom. The van der Waals surface area contributed by atoms with Crippen molar-refractivity contribution in [3.63, 3.8) is 0 Å². The van der Waals surface area contributed by atoms with E-state index in [4.69, 9.17) is 4.74 Å². The molecule has 0 aromatic carbocycles. The van der Waals surface area contributed by atoms with Crippen LogP contribution in [0, 0.1) is 34.5 Å². The topological polar surface area (TPSA) is 43.4 Å². The zero-order valence-electron chi connectivity index (χ0n) is 17.1. The second-order valence-corrected chi connectivity index (χ2v) is 10.4. The van der Waals surface area contributed by atoms with Crippen molar-refractivity contribution in [1.29, 1.82) is 0 Å². The van der Waals surface area contributed by atoms with Crippen LogP contribution in [0.3, 0.4) is 0 Å². The second kappa shape index (κ2) is 6.07. The third-order valence-electron chi connectivity index (χ3n) is 9.59. The van der Waals surface area contributed by atoms with Crippen LogP contribution in [0.25, 0.3) is 0 Å². The Hall–Kier alpha value is -0.860. The molecule has 4 saturated carbocycles. The predicted molar refractivity (Wildman–Crippen MR) is 102 cm³/mol. The van der Waals surface area contributed by atoms with Crippen LogP contribution in [0.4, 0.5) is 0 Å². The van der Waals surface area contributed by atoms with Crippen LogP contribution in [-0.2, 0) is 14.3 Å². The zero-order chi connectivity index (χ0) is 18.7. The van der Waals surface area contributed by atoms with Gasteiger partial charge in [-0.1, -0.05) is 26.7 Å². The van der Waals surface area contributed by atoms with E-state index >= 15 is 0 Å². The molecule has 26 heavy (non-hydrogen) atoms. The largest absolute Gasteiger partial charge is 0.451 e. The van der Waals surface area contributed by atoms with Gasteiger partial charge in [0.2, 0.25) is 0 Å². The number of Topliss-reactive ketones (excluding diaryl/α,β-unsaturated/α-hetero) is 1. The van der Waals surface area contributed by atoms with Crippen molar-refractivity contribution in [1.82, 2.24) is 0 Å². The highest BCUT2D eigenvalue weighted by molar-refractivity contribution is 5.89. The number of hydrogen-bond acceptors (Lipinski definition) is 3. The summed E-state index contributed by atoms with van der Waals surface area (Å²) in [6.45, 7) is 7.94. The van der Waals surface area contributed by atoms with Crippen molar-refractivity contribution >= 4 is 11.8 Å². The van der Waals surface area contributed by atoms with Crippen LogP contribution in [0.15, 0.2) is 0 Å². The lowest BCUT2D eigenvalue weighted by atomic mass is 9.44. The fraction of sp³-hybridized carbons (Fsp3) is 0.913. The third-order valence-corrected chi connectivity index (χ3v) is 9.59. The molecule has 7 atom stereocenters. The van der Waals surface area contributed by atoms with E-state index in [9.17, 15) is 9.59 Å². The average Bonchev–Trinajstić information content (AvgIpc) is 2.87. The van der Waals surface area contributed by atoms with E-state index in [-0.39, 0.29) is 17.2 Å². The molecular weight excluding hydrogens is 324 g/mol. The second-order valence-electron chi connectivity index (χ2n) is 10.4. The summed E-state index contributed by atoms with van der Waals surface area (Å²) in [6, 6.07) is 0. The van der Waals surface area contributed by atoms with Crippen molar-refractivity contribution in [3.05, 3.63) is 0 Å². The first kappa shape index (κ1) is 18.5. The van der Waals surface area contributed by atoms with Gasteiger partial charge in [-0.3, -0.25) is 9.59 Å². The van der Waals surface area contributed by atoms with Gasteiger partial charge in [-0.2, -0.15) is 0 Å². The number of hydrogen-bond donors (Lipinski definition) is 0. The third kappa shape index (κ3) is 2.31. The molecule has 0 aliphatic heterocycles. The Labute approximate surface area is 158 Å². The molecule has 0 saturated heterocycles. The first-order chi connectivity index (χ1) is 12.2. The molecule has 3 nitrogen and oxygen atoms in total. The van der Waals surface area contributed by atoms with Crippen molar-refractivity contribution in [2.75, 3.05) is 0 Å².